The van der Waals surface area contributed by atoms with Crippen molar-refractivity contribution in [3.63, 3.8) is 0 Å². The van der Waals surface area contributed by atoms with Crippen LogP contribution in [0.25, 0.3) is 0 Å². The molecule has 12 heavy (non-hydrogen) atoms. The number of alkyl halides is 2. The first-order valence-corrected chi connectivity index (χ1v) is 4.26. The molecule has 1 aromatic rings. The lowest BCUT2D eigenvalue weighted by molar-refractivity contribution is 0.145. The number of halogens is 3. The van der Waals surface area contributed by atoms with Crippen LogP contribution >= 0.6 is 22.6 Å². The molecule has 0 saturated carbocycles. The third-order valence-corrected chi connectivity index (χ3v) is 1.83. The number of nitrogens with zero attached hydrogens (tertiary/aromatic N) is 1. The molecule has 5 heteroatoms. The van der Waals surface area contributed by atoms with Crippen molar-refractivity contribution >= 4 is 22.6 Å². The van der Waals surface area contributed by atoms with Crippen molar-refractivity contribution < 1.29 is 13.9 Å². The van der Waals surface area contributed by atoms with Gasteiger partial charge < -0.3 is 5.11 Å². The third-order valence-electron chi connectivity index (χ3n) is 1.28. The van der Waals surface area contributed by atoms with Gasteiger partial charge in [0.15, 0.2) is 0 Å². The highest BCUT2D eigenvalue weighted by atomic mass is 127. The van der Waals surface area contributed by atoms with Gasteiger partial charge >= 0.3 is 0 Å². The molecule has 0 aliphatic carbocycles. The maximum absolute atomic E-state index is 12.1. The summed E-state index contributed by atoms with van der Waals surface area (Å²) in [5.74, 6) is 0. The minimum absolute atomic E-state index is 0.238. The molecule has 0 spiro atoms. The maximum Gasteiger partial charge on any atom is 0.280 e. The first-order valence-electron chi connectivity index (χ1n) is 3.19. The third kappa shape index (κ3) is 2.34. The zero-order chi connectivity index (χ0) is 9.14. The van der Waals surface area contributed by atoms with Gasteiger partial charge in [-0.15, -0.1) is 0 Å². The van der Waals surface area contributed by atoms with Crippen molar-refractivity contribution in [2.75, 3.05) is 0 Å². The molecule has 1 aromatic heterocycles. The minimum atomic E-state index is -2.58. The van der Waals surface area contributed by atoms with Crippen molar-refractivity contribution in [2.45, 2.75) is 13.0 Å². The second-order valence-electron chi connectivity index (χ2n) is 2.18. The van der Waals surface area contributed by atoms with E-state index < -0.39 is 6.43 Å². The van der Waals surface area contributed by atoms with E-state index >= 15 is 0 Å². The van der Waals surface area contributed by atoms with Crippen LogP contribution in [0.5, 0.6) is 0 Å². The standard InChI is InChI=1S/C7H6F2INO/c8-7(9)5-1-4(3-12)2-6(10)11-5/h1-2,7,12H,3H2. The highest BCUT2D eigenvalue weighted by Crippen LogP contribution is 2.19. The van der Waals surface area contributed by atoms with Crippen LogP contribution < -0.4 is 0 Å². The monoisotopic (exact) mass is 285 g/mol. The number of aliphatic hydroxyl groups excluding tert-OH is 1. The summed E-state index contributed by atoms with van der Waals surface area (Å²) in [5.41, 5.74) is 0.177. The van der Waals surface area contributed by atoms with Gasteiger partial charge in [-0.1, -0.05) is 0 Å². The number of rotatable bonds is 2. The van der Waals surface area contributed by atoms with Crippen LogP contribution in [-0.4, -0.2) is 10.1 Å². The Bertz CT molecular complexity index is 280. The number of hydrogen-bond donors (Lipinski definition) is 1. The molecular weight excluding hydrogens is 279 g/mol. The lowest BCUT2D eigenvalue weighted by Crippen LogP contribution is -1.95. The molecule has 0 unspecified atom stereocenters. The molecule has 0 bridgehead atoms. The van der Waals surface area contributed by atoms with Gasteiger partial charge in [0, 0.05) is 0 Å². The van der Waals surface area contributed by atoms with Crippen molar-refractivity contribution in [3.05, 3.63) is 27.1 Å². The van der Waals surface area contributed by atoms with Crippen LogP contribution in [0.4, 0.5) is 8.78 Å². The van der Waals surface area contributed by atoms with Crippen molar-refractivity contribution in [2.24, 2.45) is 0 Å². The largest absolute Gasteiger partial charge is 0.392 e. The van der Waals surface area contributed by atoms with Crippen LogP contribution in [0.3, 0.4) is 0 Å². The normalized spacial score (nSPS) is 10.8. The first-order chi connectivity index (χ1) is 5.63. The summed E-state index contributed by atoms with van der Waals surface area (Å²) in [6.45, 7) is -0.238. The second kappa shape index (κ2) is 4.08. The molecule has 1 heterocycles. The average Bonchev–Trinajstić information content (AvgIpc) is 2.03. The van der Waals surface area contributed by atoms with Crippen LogP contribution in [0.1, 0.15) is 17.7 Å². The number of aliphatic hydroxyl groups is 1. The SMILES string of the molecule is OCc1cc(I)nc(C(F)F)c1. The predicted molar refractivity (Wildman–Crippen MR) is 47.8 cm³/mol. The number of aromatic nitrogens is 1. The Hall–Kier alpha value is -0.300. The lowest BCUT2D eigenvalue weighted by atomic mass is 10.2. The zero-order valence-electron chi connectivity index (χ0n) is 5.97. The number of hydrogen-bond acceptors (Lipinski definition) is 2. The Morgan fingerprint density at radius 1 is 1.50 bits per heavy atom. The summed E-state index contributed by atoms with van der Waals surface area (Å²) in [6, 6.07) is 2.76. The molecule has 1 N–H and O–H groups in total. The van der Waals surface area contributed by atoms with Gasteiger partial charge in [-0.05, 0) is 40.3 Å². The lowest BCUT2D eigenvalue weighted by Gasteiger charge is -2.02. The van der Waals surface area contributed by atoms with Gasteiger partial charge in [0.2, 0.25) is 0 Å². The van der Waals surface area contributed by atoms with E-state index in [1.807, 2.05) is 22.6 Å². The van der Waals surface area contributed by atoms with Gasteiger partial charge in [-0.2, -0.15) is 0 Å². The topological polar surface area (TPSA) is 33.1 Å². The zero-order valence-corrected chi connectivity index (χ0v) is 8.12. The fraction of sp³-hybridized carbons (Fsp3) is 0.286. The molecule has 0 aliphatic heterocycles. The Balaban J connectivity index is 3.06. The van der Waals surface area contributed by atoms with E-state index in [-0.39, 0.29) is 12.3 Å². The molecule has 0 aromatic carbocycles. The van der Waals surface area contributed by atoms with E-state index in [0.29, 0.717) is 9.26 Å². The van der Waals surface area contributed by atoms with Crippen LogP contribution in [-0.2, 0) is 6.61 Å². The van der Waals surface area contributed by atoms with Gasteiger partial charge in [0.1, 0.15) is 9.39 Å². The Kier molecular flexibility index (Phi) is 3.33. The quantitative estimate of drug-likeness (QED) is 0.667. The molecular formula is C7H6F2INO. The van der Waals surface area contributed by atoms with E-state index in [2.05, 4.69) is 4.98 Å². The predicted octanol–water partition coefficient (Wildman–Crippen LogP) is 2.12. The molecule has 1 rings (SSSR count). The van der Waals surface area contributed by atoms with Crippen molar-refractivity contribution in [1.82, 2.24) is 4.98 Å². The Morgan fingerprint density at radius 2 is 2.17 bits per heavy atom. The molecule has 0 amide bonds. The van der Waals surface area contributed by atoms with Gasteiger partial charge in [-0.3, -0.25) is 0 Å². The first kappa shape index (κ1) is 9.79. The Labute approximate surface area is 81.8 Å². The molecule has 0 fully saturated rings. The molecule has 0 saturated heterocycles. The molecule has 66 valence electrons. The fourth-order valence-corrected chi connectivity index (χ4v) is 1.45. The fourth-order valence-electron chi connectivity index (χ4n) is 0.776. The molecule has 0 atom stereocenters. The average molecular weight is 285 g/mol. The van der Waals surface area contributed by atoms with Crippen LogP contribution in [0, 0.1) is 3.70 Å². The summed E-state index contributed by atoms with van der Waals surface area (Å²) in [5, 5.41) is 8.69. The number of pyridine rings is 1. The van der Waals surface area contributed by atoms with E-state index in [1.54, 1.807) is 6.07 Å². The van der Waals surface area contributed by atoms with Crippen LogP contribution in [0.2, 0.25) is 0 Å². The van der Waals surface area contributed by atoms with E-state index in [4.69, 9.17) is 5.11 Å². The molecule has 0 radical (unpaired) electrons. The summed E-state index contributed by atoms with van der Waals surface area (Å²) in [4.78, 5) is 3.61. The van der Waals surface area contributed by atoms with Crippen molar-refractivity contribution in [3.8, 4) is 0 Å². The maximum atomic E-state index is 12.1. The van der Waals surface area contributed by atoms with Crippen LogP contribution in [0.15, 0.2) is 12.1 Å². The molecule has 0 aliphatic rings. The smallest absolute Gasteiger partial charge is 0.280 e. The second-order valence-corrected chi connectivity index (χ2v) is 3.29. The highest BCUT2D eigenvalue weighted by molar-refractivity contribution is 14.1. The van der Waals surface area contributed by atoms with E-state index in [0.717, 1.165) is 0 Å². The van der Waals surface area contributed by atoms with Gasteiger partial charge in [0.25, 0.3) is 6.43 Å². The Morgan fingerprint density at radius 3 is 2.67 bits per heavy atom. The minimum Gasteiger partial charge on any atom is -0.392 e. The summed E-state index contributed by atoms with van der Waals surface area (Å²) >= 11 is 1.83. The summed E-state index contributed by atoms with van der Waals surface area (Å²) < 4.78 is 24.7. The van der Waals surface area contributed by atoms with E-state index in [1.165, 1.54) is 6.07 Å². The summed E-state index contributed by atoms with van der Waals surface area (Å²) in [6.07, 6.45) is -2.58. The van der Waals surface area contributed by atoms with E-state index in [9.17, 15) is 8.78 Å². The summed E-state index contributed by atoms with van der Waals surface area (Å²) in [7, 11) is 0. The molecule has 2 nitrogen and oxygen atoms in total. The van der Waals surface area contributed by atoms with Gasteiger partial charge in [-0.25, -0.2) is 13.8 Å². The highest BCUT2D eigenvalue weighted by Gasteiger charge is 2.10. The van der Waals surface area contributed by atoms with Gasteiger partial charge in [0.05, 0.1) is 6.61 Å². The van der Waals surface area contributed by atoms with Crippen molar-refractivity contribution in [1.29, 1.82) is 0 Å².